The molecule has 0 atom stereocenters. The van der Waals surface area contributed by atoms with E-state index >= 15 is 0 Å². The van der Waals surface area contributed by atoms with Gasteiger partial charge in [0.15, 0.2) is 5.78 Å². The van der Waals surface area contributed by atoms with Crippen LogP contribution in [0.15, 0.2) is 48.5 Å². The van der Waals surface area contributed by atoms with Gasteiger partial charge in [-0.2, -0.15) is 0 Å². The van der Waals surface area contributed by atoms with E-state index in [0.29, 0.717) is 5.69 Å². The molecule has 0 amide bonds. The summed E-state index contributed by atoms with van der Waals surface area (Å²) in [6.45, 7) is 3.67. The van der Waals surface area contributed by atoms with E-state index < -0.39 is 0 Å². The van der Waals surface area contributed by atoms with E-state index in [9.17, 15) is 4.79 Å². The third-order valence-electron chi connectivity index (χ3n) is 3.37. The molecule has 2 aromatic carbocycles. The molecule has 0 aliphatic heterocycles. The zero-order chi connectivity index (χ0) is 13.4. The lowest BCUT2D eigenvalue weighted by atomic mass is 10.00. The number of aryl methyl sites for hydroxylation is 1. The Morgan fingerprint density at radius 3 is 2.47 bits per heavy atom. The highest BCUT2D eigenvalue weighted by Gasteiger charge is 2.16. The lowest BCUT2D eigenvalue weighted by Gasteiger charge is -2.03. The minimum atomic E-state index is 0.0627. The lowest BCUT2D eigenvalue weighted by molar-refractivity contribution is 0.101. The van der Waals surface area contributed by atoms with Crippen LogP contribution in [0.5, 0.6) is 0 Å². The van der Waals surface area contributed by atoms with Crippen LogP contribution in [0.4, 0.5) is 0 Å². The molecule has 0 saturated heterocycles. The number of hydrogen-bond acceptors (Lipinski definition) is 1. The van der Waals surface area contributed by atoms with Crippen LogP contribution in [-0.4, -0.2) is 10.8 Å². The number of benzene rings is 2. The second-order valence-electron chi connectivity index (χ2n) is 4.85. The summed E-state index contributed by atoms with van der Waals surface area (Å²) >= 11 is 0. The highest BCUT2D eigenvalue weighted by molar-refractivity contribution is 6.09. The molecule has 3 rings (SSSR count). The van der Waals surface area contributed by atoms with Crippen molar-refractivity contribution in [2.45, 2.75) is 13.8 Å². The number of aromatic amines is 1. The van der Waals surface area contributed by atoms with Crippen molar-refractivity contribution in [3.63, 3.8) is 0 Å². The molecule has 0 spiro atoms. The molecule has 0 aliphatic rings. The first-order chi connectivity index (χ1) is 9.16. The van der Waals surface area contributed by atoms with Gasteiger partial charge < -0.3 is 4.98 Å². The van der Waals surface area contributed by atoms with Crippen molar-refractivity contribution < 1.29 is 4.79 Å². The molecule has 2 heteroatoms. The van der Waals surface area contributed by atoms with Crippen LogP contribution in [0.1, 0.15) is 23.0 Å². The zero-order valence-corrected chi connectivity index (χ0v) is 11.0. The second kappa shape index (κ2) is 4.39. The van der Waals surface area contributed by atoms with Crippen LogP contribution in [0.25, 0.3) is 22.0 Å². The monoisotopic (exact) mass is 249 g/mol. The number of nitrogens with one attached hydrogen (secondary N) is 1. The summed E-state index contributed by atoms with van der Waals surface area (Å²) in [5.41, 5.74) is 4.97. The number of Topliss-reactive ketones (excluding diaryl/α,β-unsaturated/α-hetero) is 1. The smallest absolute Gasteiger partial charge is 0.176 e. The normalized spacial score (nSPS) is 10.8. The van der Waals surface area contributed by atoms with Crippen LogP contribution < -0.4 is 0 Å². The van der Waals surface area contributed by atoms with Crippen molar-refractivity contribution in [1.29, 1.82) is 0 Å². The quantitative estimate of drug-likeness (QED) is 0.673. The Morgan fingerprint density at radius 1 is 1.05 bits per heavy atom. The van der Waals surface area contributed by atoms with E-state index in [4.69, 9.17) is 0 Å². The Labute approximate surface area is 112 Å². The number of rotatable bonds is 2. The van der Waals surface area contributed by atoms with Crippen LogP contribution in [0, 0.1) is 6.92 Å². The predicted molar refractivity (Wildman–Crippen MR) is 78.5 cm³/mol. The number of H-pyrrole nitrogens is 1. The fourth-order valence-electron chi connectivity index (χ4n) is 2.47. The maximum Gasteiger partial charge on any atom is 0.176 e. The Balaban J connectivity index is 2.40. The molecule has 2 nitrogen and oxygen atoms in total. The van der Waals surface area contributed by atoms with Crippen molar-refractivity contribution in [3.8, 4) is 11.1 Å². The number of hydrogen-bond donors (Lipinski definition) is 1. The maximum atomic E-state index is 11.9. The molecule has 3 aromatic rings. The minimum absolute atomic E-state index is 0.0627. The summed E-state index contributed by atoms with van der Waals surface area (Å²) < 4.78 is 0. The van der Waals surface area contributed by atoms with Gasteiger partial charge in [-0.25, -0.2) is 0 Å². The fourth-order valence-corrected chi connectivity index (χ4v) is 2.47. The van der Waals surface area contributed by atoms with Gasteiger partial charge in [0.25, 0.3) is 0 Å². The van der Waals surface area contributed by atoms with Crippen LogP contribution in [-0.2, 0) is 0 Å². The van der Waals surface area contributed by atoms with Crippen LogP contribution >= 0.6 is 0 Å². The predicted octanol–water partition coefficient (Wildman–Crippen LogP) is 4.35. The number of aromatic nitrogens is 1. The summed E-state index contributed by atoms with van der Waals surface area (Å²) in [4.78, 5) is 15.1. The molecule has 0 saturated carbocycles. The van der Waals surface area contributed by atoms with Crippen molar-refractivity contribution in [1.82, 2.24) is 4.98 Å². The molecular weight excluding hydrogens is 234 g/mol. The van der Waals surface area contributed by atoms with E-state index in [2.05, 4.69) is 24.0 Å². The molecule has 0 aliphatic carbocycles. The lowest BCUT2D eigenvalue weighted by Crippen LogP contribution is -1.94. The number of ketones is 1. The Kier molecular flexibility index (Phi) is 2.71. The summed E-state index contributed by atoms with van der Waals surface area (Å²) in [7, 11) is 0. The highest BCUT2D eigenvalue weighted by atomic mass is 16.1. The van der Waals surface area contributed by atoms with Crippen molar-refractivity contribution in [2.24, 2.45) is 0 Å². The fraction of sp³-hybridized carbons (Fsp3) is 0.118. The molecule has 0 bridgehead atoms. The van der Waals surface area contributed by atoms with Gasteiger partial charge in [-0.05, 0) is 24.6 Å². The van der Waals surface area contributed by atoms with Gasteiger partial charge in [0.2, 0.25) is 0 Å². The third-order valence-corrected chi connectivity index (χ3v) is 3.37. The summed E-state index contributed by atoms with van der Waals surface area (Å²) in [5, 5.41) is 1.11. The largest absolute Gasteiger partial charge is 0.352 e. The van der Waals surface area contributed by atoms with Crippen molar-refractivity contribution in [2.75, 3.05) is 0 Å². The second-order valence-corrected chi connectivity index (χ2v) is 4.85. The Bertz CT molecular complexity index is 754. The molecule has 1 heterocycles. The van der Waals surface area contributed by atoms with E-state index in [1.807, 2.05) is 36.4 Å². The minimum Gasteiger partial charge on any atom is -0.352 e. The van der Waals surface area contributed by atoms with Crippen molar-refractivity contribution in [3.05, 3.63) is 59.8 Å². The van der Waals surface area contributed by atoms with Gasteiger partial charge in [0.05, 0.1) is 5.69 Å². The molecule has 1 N–H and O–H groups in total. The highest BCUT2D eigenvalue weighted by Crippen LogP contribution is 2.33. The Morgan fingerprint density at radius 2 is 1.79 bits per heavy atom. The topological polar surface area (TPSA) is 32.9 Å². The summed E-state index contributed by atoms with van der Waals surface area (Å²) in [6, 6.07) is 16.3. The average Bonchev–Trinajstić information content (AvgIpc) is 2.78. The first-order valence-electron chi connectivity index (χ1n) is 6.35. The first-order valence-corrected chi connectivity index (χ1v) is 6.35. The third kappa shape index (κ3) is 1.95. The molecule has 19 heavy (non-hydrogen) atoms. The van der Waals surface area contributed by atoms with Crippen LogP contribution in [0.2, 0.25) is 0 Å². The number of fused-ring (bicyclic) bond motifs is 1. The van der Waals surface area contributed by atoms with Gasteiger partial charge in [-0.15, -0.1) is 0 Å². The van der Waals surface area contributed by atoms with E-state index in [1.165, 1.54) is 5.56 Å². The van der Waals surface area contributed by atoms with Gasteiger partial charge in [0.1, 0.15) is 0 Å². The Hall–Kier alpha value is -2.35. The van der Waals surface area contributed by atoms with Gasteiger partial charge in [-0.3, -0.25) is 4.79 Å². The molecule has 0 fully saturated rings. The first kappa shape index (κ1) is 11.7. The van der Waals surface area contributed by atoms with E-state index in [1.54, 1.807) is 6.92 Å². The average molecular weight is 249 g/mol. The zero-order valence-electron chi connectivity index (χ0n) is 11.0. The van der Waals surface area contributed by atoms with E-state index in [-0.39, 0.29) is 5.78 Å². The molecular formula is C17H15NO. The SMILES string of the molecule is CC(=O)c1[nH]c2ccc(C)cc2c1-c1ccccc1. The summed E-state index contributed by atoms with van der Waals surface area (Å²) in [5.74, 6) is 0.0627. The number of carbonyl (C=O) groups is 1. The molecule has 1 aromatic heterocycles. The number of carbonyl (C=O) groups excluding carboxylic acids is 1. The molecule has 94 valence electrons. The standard InChI is InChI=1S/C17H15NO/c1-11-8-9-15-14(10-11)16(17(18-15)12(2)19)13-6-4-3-5-7-13/h3-10,18H,1-2H3. The van der Waals surface area contributed by atoms with Gasteiger partial charge >= 0.3 is 0 Å². The molecule has 0 unspecified atom stereocenters. The van der Waals surface area contributed by atoms with Crippen molar-refractivity contribution >= 4 is 16.7 Å². The van der Waals surface area contributed by atoms with Gasteiger partial charge in [0, 0.05) is 23.4 Å². The van der Waals surface area contributed by atoms with E-state index in [0.717, 1.165) is 22.0 Å². The summed E-state index contributed by atoms with van der Waals surface area (Å²) in [6.07, 6.45) is 0. The van der Waals surface area contributed by atoms with Gasteiger partial charge in [-0.1, -0.05) is 42.0 Å². The van der Waals surface area contributed by atoms with Crippen LogP contribution in [0.3, 0.4) is 0 Å². The maximum absolute atomic E-state index is 11.9. The molecule has 0 radical (unpaired) electrons.